The van der Waals surface area contributed by atoms with Gasteiger partial charge in [-0.15, -0.1) is 6.58 Å². The van der Waals surface area contributed by atoms with Gasteiger partial charge in [0.15, 0.2) is 0 Å². The molecule has 30 heavy (non-hydrogen) atoms. The van der Waals surface area contributed by atoms with Gasteiger partial charge in [0.25, 0.3) is 6.43 Å². The molecule has 3 aromatic rings. The monoisotopic (exact) mass is 405 g/mol. The number of benzene rings is 3. The number of hydrogen-bond acceptors (Lipinski definition) is 3. The Morgan fingerprint density at radius 1 is 0.933 bits per heavy atom. The molecule has 0 unspecified atom stereocenters. The Labute approximate surface area is 174 Å². The maximum Gasteiger partial charge on any atom is 0.263 e. The van der Waals surface area contributed by atoms with E-state index in [1.807, 2.05) is 30.3 Å². The van der Waals surface area contributed by atoms with E-state index in [9.17, 15) is 8.78 Å². The summed E-state index contributed by atoms with van der Waals surface area (Å²) in [4.78, 5) is 0. The number of alkyl halides is 2. The molecule has 0 amide bonds. The van der Waals surface area contributed by atoms with Crippen LogP contribution in [0.5, 0.6) is 11.5 Å². The molecule has 0 radical (unpaired) electrons. The van der Waals surface area contributed by atoms with Crippen molar-refractivity contribution < 1.29 is 18.3 Å². The molecule has 3 nitrogen and oxygen atoms in total. The Morgan fingerprint density at radius 3 is 2.37 bits per heavy atom. The van der Waals surface area contributed by atoms with Crippen LogP contribution in [0.1, 0.15) is 23.1 Å². The van der Waals surface area contributed by atoms with Gasteiger partial charge in [0.1, 0.15) is 24.7 Å². The second-order valence-electron chi connectivity index (χ2n) is 6.57. The highest BCUT2D eigenvalue weighted by atomic mass is 19.3. The average molecular weight is 405 g/mol. The molecule has 0 bridgehead atoms. The first kappa shape index (κ1) is 21.1. The van der Waals surface area contributed by atoms with E-state index in [-0.39, 0.29) is 18.8 Å². The molecule has 0 aliphatic heterocycles. The number of nitriles is 1. The lowest BCUT2D eigenvalue weighted by molar-refractivity contribution is 0.150. The highest BCUT2D eigenvalue weighted by Crippen LogP contribution is 2.28. The van der Waals surface area contributed by atoms with Crippen molar-refractivity contribution in [2.75, 3.05) is 13.2 Å². The van der Waals surface area contributed by atoms with E-state index in [1.54, 1.807) is 30.3 Å². The SMILES string of the molecule is C=CCc1cc(-c2ccc(C#N)cc2)ccc1OCCOc1cccc(C(F)F)c1. The van der Waals surface area contributed by atoms with Crippen LogP contribution in [-0.4, -0.2) is 13.2 Å². The van der Waals surface area contributed by atoms with Gasteiger partial charge in [-0.25, -0.2) is 8.78 Å². The summed E-state index contributed by atoms with van der Waals surface area (Å²) in [6.07, 6.45) is -0.0886. The smallest absolute Gasteiger partial charge is 0.263 e. The van der Waals surface area contributed by atoms with Crippen molar-refractivity contribution in [3.8, 4) is 28.7 Å². The largest absolute Gasteiger partial charge is 0.490 e. The summed E-state index contributed by atoms with van der Waals surface area (Å²) >= 11 is 0. The second kappa shape index (κ2) is 10.2. The van der Waals surface area contributed by atoms with Crippen LogP contribution < -0.4 is 9.47 Å². The number of hydrogen-bond donors (Lipinski definition) is 0. The molecule has 5 heteroatoms. The first-order valence-electron chi connectivity index (χ1n) is 9.49. The lowest BCUT2D eigenvalue weighted by atomic mass is 10.00. The standard InChI is InChI=1S/C25H21F2NO2/c1-2-4-21-15-20(19-9-7-18(17-28)8-10-19)11-12-24(21)30-14-13-29-23-6-3-5-22(16-23)25(26)27/h2-3,5-12,15-16,25H,1,4,13-14H2. The van der Waals surface area contributed by atoms with E-state index in [1.165, 1.54) is 12.1 Å². The Morgan fingerprint density at radius 2 is 1.67 bits per heavy atom. The summed E-state index contributed by atoms with van der Waals surface area (Å²) in [5, 5.41) is 8.94. The van der Waals surface area contributed by atoms with E-state index in [4.69, 9.17) is 14.7 Å². The van der Waals surface area contributed by atoms with Gasteiger partial charge in [-0.1, -0.05) is 36.4 Å². The number of ether oxygens (including phenoxy) is 2. The van der Waals surface area contributed by atoms with Crippen LogP contribution in [-0.2, 0) is 6.42 Å². The van der Waals surface area contributed by atoms with Crippen molar-refractivity contribution in [1.82, 2.24) is 0 Å². The minimum absolute atomic E-state index is 0.0694. The fraction of sp³-hybridized carbons (Fsp3) is 0.160. The Balaban J connectivity index is 1.64. The predicted molar refractivity (Wildman–Crippen MR) is 113 cm³/mol. The van der Waals surface area contributed by atoms with E-state index in [2.05, 4.69) is 12.6 Å². The fourth-order valence-corrected chi connectivity index (χ4v) is 3.00. The molecule has 0 aromatic heterocycles. The normalized spacial score (nSPS) is 10.5. The second-order valence-corrected chi connectivity index (χ2v) is 6.57. The Bertz CT molecular complexity index is 1040. The van der Waals surface area contributed by atoms with Gasteiger partial charge in [-0.2, -0.15) is 5.26 Å². The molecule has 152 valence electrons. The first-order valence-corrected chi connectivity index (χ1v) is 9.49. The van der Waals surface area contributed by atoms with Gasteiger partial charge in [-0.05, 0) is 59.5 Å². The highest BCUT2D eigenvalue weighted by Gasteiger charge is 2.09. The van der Waals surface area contributed by atoms with Crippen molar-refractivity contribution in [2.24, 2.45) is 0 Å². The minimum Gasteiger partial charge on any atom is -0.490 e. The quantitative estimate of drug-likeness (QED) is 0.308. The van der Waals surface area contributed by atoms with Gasteiger partial charge in [-0.3, -0.25) is 0 Å². The topological polar surface area (TPSA) is 42.2 Å². The van der Waals surface area contributed by atoms with Crippen molar-refractivity contribution in [3.63, 3.8) is 0 Å². The molecule has 0 saturated heterocycles. The van der Waals surface area contributed by atoms with Gasteiger partial charge >= 0.3 is 0 Å². The van der Waals surface area contributed by atoms with Crippen molar-refractivity contribution in [3.05, 3.63) is 96.1 Å². The lowest BCUT2D eigenvalue weighted by Gasteiger charge is -2.13. The minimum atomic E-state index is -2.53. The summed E-state index contributed by atoms with van der Waals surface area (Å²) in [6.45, 7) is 4.31. The molecule has 0 heterocycles. The molecular weight excluding hydrogens is 384 g/mol. The highest BCUT2D eigenvalue weighted by molar-refractivity contribution is 5.66. The molecule has 0 aliphatic rings. The number of halogens is 2. The average Bonchev–Trinajstić information content (AvgIpc) is 2.78. The van der Waals surface area contributed by atoms with E-state index >= 15 is 0 Å². The summed E-state index contributed by atoms with van der Waals surface area (Å²) < 4.78 is 36.9. The van der Waals surface area contributed by atoms with Crippen LogP contribution >= 0.6 is 0 Å². The third-order valence-corrected chi connectivity index (χ3v) is 4.49. The van der Waals surface area contributed by atoms with Gasteiger partial charge in [0.2, 0.25) is 0 Å². The summed E-state index contributed by atoms with van der Waals surface area (Å²) in [5.41, 5.74) is 3.55. The predicted octanol–water partition coefficient (Wildman–Crippen LogP) is 6.35. The maximum absolute atomic E-state index is 12.8. The summed E-state index contributed by atoms with van der Waals surface area (Å²) in [7, 11) is 0. The third-order valence-electron chi connectivity index (χ3n) is 4.49. The third kappa shape index (κ3) is 5.45. The van der Waals surface area contributed by atoms with Gasteiger partial charge in [0.05, 0.1) is 11.6 Å². The molecule has 3 aromatic carbocycles. The Kier molecular flexibility index (Phi) is 7.18. The Hall–Kier alpha value is -3.65. The molecule has 3 rings (SSSR count). The van der Waals surface area contributed by atoms with Crippen molar-refractivity contribution >= 4 is 0 Å². The van der Waals surface area contributed by atoms with Crippen LogP contribution in [0.25, 0.3) is 11.1 Å². The first-order chi connectivity index (χ1) is 14.6. The van der Waals surface area contributed by atoms with Crippen molar-refractivity contribution in [1.29, 1.82) is 5.26 Å². The summed E-state index contributed by atoms with van der Waals surface area (Å²) in [6, 6.07) is 21.3. The molecule has 0 atom stereocenters. The molecule has 0 N–H and O–H groups in total. The molecule has 0 aliphatic carbocycles. The number of rotatable bonds is 9. The zero-order chi connectivity index (χ0) is 21.3. The molecule has 0 fully saturated rings. The fourth-order valence-electron chi connectivity index (χ4n) is 3.00. The molecule has 0 saturated carbocycles. The van der Waals surface area contributed by atoms with Crippen LogP contribution in [0.2, 0.25) is 0 Å². The van der Waals surface area contributed by atoms with Crippen molar-refractivity contribution in [2.45, 2.75) is 12.8 Å². The zero-order valence-corrected chi connectivity index (χ0v) is 16.4. The number of nitrogens with zero attached hydrogens (tertiary/aromatic N) is 1. The van der Waals surface area contributed by atoms with E-state index < -0.39 is 6.43 Å². The van der Waals surface area contributed by atoms with E-state index in [0.717, 1.165) is 22.4 Å². The maximum atomic E-state index is 12.8. The lowest BCUT2D eigenvalue weighted by Crippen LogP contribution is -2.10. The van der Waals surface area contributed by atoms with Crippen LogP contribution in [0, 0.1) is 11.3 Å². The van der Waals surface area contributed by atoms with Gasteiger partial charge < -0.3 is 9.47 Å². The van der Waals surface area contributed by atoms with E-state index in [0.29, 0.717) is 17.7 Å². The van der Waals surface area contributed by atoms with Gasteiger partial charge in [0, 0.05) is 5.56 Å². The van der Waals surface area contributed by atoms with Crippen LogP contribution in [0.3, 0.4) is 0 Å². The number of allylic oxidation sites excluding steroid dienone is 1. The van der Waals surface area contributed by atoms with Crippen LogP contribution in [0.15, 0.2) is 79.4 Å². The van der Waals surface area contributed by atoms with Crippen LogP contribution in [0.4, 0.5) is 8.78 Å². The molecular formula is C25H21F2NO2. The zero-order valence-electron chi connectivity index (χ0n) is 16.4. The molecule has 0 spiro atoms. The summed E-state index contributed by atoms with van der Waals surface area (Å²) in [5.74, 6) is 1.11.